The third-order valence-corrected chi connectivity index (χ3v) is 6.73. The monoisotopic (exact) mass is 498 g/mol. The summed E-state index contributed by atoms with van der Waals surface area (Å²) in [5.74, 6) is 0.130. The highest BCUT2D eigenvalue weighted by molar-refractivity contribution is 7.15. The molecule has 0 spiro atoms. The SMILES string of the molecule is C=CCc1cc(C=c2sc3nc4ccccc4n3c2=O)cc(OC)c1OCc1ccc(C(=O)O)cc1. The van der Waals surface area contributed by atoms with Crippen molar-refractivity contribution < 1.29 is 19.4 Å². The topological polar surface area (TPSA) is 90.1 Å². The summed E-state index contributed by atoms with van der Waals surface area (Å²) in [5.41, 5.74) is 4.17. The molecular weight excluding hydrogens is 476 g/mol. The van der Waals surface area contributed by atoms with Crippen molar-refractivity contribution in [2.75, 3.05) is 7.11 Å². The lowest BCUT2D eigenvalue weighted by molar-refractivity contribution is 0.0697. The number of allylic oxidation sites excluding steroid dienone is 1. The first kappa shape index (κ1) is 23.3. The minimum atomic E-state index is -0.974. The van der Waals surface area contributed by atoms with Gasteiger partial charge in [0, 0.05) is 5.56 Å². The summed E-state index contributed by atoms with van der Waals surface area (Å²) in [6.45, 7) is 4.09. The Hall–Kier alpha value is -4.43. The van der Waals surface area contributed by atoms with E-state index in [4.69, 9.17) is 14.6 Å². The van der Waals surface area contributed by atoms with Crippen molar-refractivity contribution in [3.05, 3.63) is 110 Å². The normalized spacial score (nSPS) is 11.8. The van der Waals surface area contributed by atoms with Crippen LogP contribution in [0.25, 0.3) is 22.1 Å². The van der Waals surface area contributed by atoms with E-state index in [-0.39, 0.29) is 17.7 Å². The van der Waals surface area contributed by atoms with Gasteiger partial charge in [0.15, 0.2) is 16.5 Å². The van der Waals surface area contributed by atoms with Crippen LogP contribution >= 0.6 is 11.3 Å². The second-order valence-corrected chi connectivity index (χ2v) is 9.14. The molecule has 2 heterocycles. The van der Waals surface area contributed by atoms with Crippen LogP contribution < -0.4 is 19.6 Å². The van der Waals surface area contributed by atoms with Gasteiger partial charge >= 0.3 is 5.97 Å². The number of fused-ring (bicyclic) bond motifs is 3. The second-order valence-electron chi connectivity index (χ2n) is 8.13. The Morgan fingerprint density at radius 3 is 2.67 bits per heavy atom. The van der Waals surface area contributed by atoms with Crippen molar-refractivity contribution in [1.82, 2.24) is 9.38 Å². The van der Waals surface area contributed by atoms with Crippen LogP contribution in [0.4, 0.5) is 0 Å². The molecule has 8 heteroatoms. The van der Waals surface area contributed by atoms with Crippen LogP contribution in [0, 0.1) is 0 Å². The Morgan fingerprint density at radius 2 is 1.94 bits per heavy atom. The molecule has 0 saturated carbocycles. The van der Waals surface area contributed by atoms with Crippen molar-refractivity contribution in [2.24, 2.45) is 0 Å². The molecule has 0 aliphatic heterocycles. The Balaban J connectivity index is 1.51. The average molecular weight is 499 g/mol. The number of aromatic nitrogens is 2. The van der Waals surface area contributed by atoms with E-state index in [1.807, 2.05) is 42.5 Å². The maximum atomic E-state index is 13.2. The summed E-state index contributed by atoms with van der Waals surface area (Å²) >= 11 is 1.34. The molecule has 0 unspecified atom stereocenters. The lowest BCUT2D eigenvalue weighted by atomic mass is 10.1. The van der Waals surface area contributed by atoms with E-state index >= 15 is 0 Å². The second kappa shape index (κ2) is 9.67. The van der Waals surface area contributed by atoms with E-state index in [0.717, 1.165) is 27.7 Å². The zero-order chi connectivity index (χ0) is 25.2. The molecule has 180 valence electrons. The Morgan fingerprint density at radius 1 is 1.17 bits per heavy atom. The van der Waals surface area contributed by atoms with Crippen LogP contribution in [0.5, 0.6) is 11.5 Å². The van der Waals surface area contributed by atoms with Crippen molar-refractivity contribution in [3.8, 4) is 11.5 Å². The van der Waals surface area contributed by atoms with Crippen molar-refractivity contribution >= 4 is 39.4 Å². The number of para-hydroxylation sites is 2. The van der Waals surface area contributed by atoms with E-state index in [1.54, 1.807) is 41.9 Å². The molecule has 0 aliphatic carbocycles. The zero-order valence-corrected chi connectivity index (χ0v) is 20.2. The van der Waals surface area contributed by atoms with Crippen LogP contribution in [0.3, 0.4) is 0 Å². The molecule has 7 nitrogen and oxygen atoms in total. The van der Waals surface area contributed by atoms with Crippen LogP contribution in [0.2, 0.25) is 0 Å². The predicted molar refractivity (Wildman–Crippen MR) is 140 cm³/mol. The minimum absolute atomic E-state index is 0.113. The van der Waals surface area contributed by atoms with E-state index in [0.29, 0.717) is 27.4 Å². The van der Waals surface area contributed by atoms with E-state index in [1.165, 1.54) is 11.3 Å². The summed E-state index contributed by atoms with van der Waals surface area (Å²) in [4.78, 5) is 29.5. The van der Waals surface area contributed by atoms with Gasteiger partial charge in [-0.1, -0.05) is 41.7 Å². The van der Waals surface area contributed by atoms with Crippen LogP contribution in [-0.2, 0) is 13.0 Å². The standard InChI is InChI=1S/C28H22N2O5S/c1-3-6-20-13-18(15-24-26(31)30-22-8-5-4-7-21(22)29-28(30)36-24)14-23(34-2)25(20)35-16-17-9-11-19(12-10-17)27(32)33/h3-5,7-15H,1,6,16H2,2H3,(H,32,33). The van der Waals surface area contributed by atoms with E-state index in [9.17, 15) is 9.59 Å². The molecule has 5 rings (SSSR count). The molecular formula is C28H22N2O5S. The largest absolute Gasteiger partial charge is 0.493 e. The molecule has 0 bridgehead atoms. The number of hydrogen-bond acceptors (Lipinski definition) is 6. The Bertz CT molecular complexity index is 1720. The molecule has 0 radical (unpaired) electrons. The predicted octanol–water partition coefficient (Wildman–Crippen LogP) is 4.47. The number of imidazole rings is 1. The number of rotatable bonds is 8. The van der Waals surface area contributed by atoms with E-state index in [2.05, 4.69) is 11.6 Å². The number of carbonyl (C=O) groups is 1. The van der Waals surface area contributed by atoms with Gasteiger partial charge in [-0.15, -0.1) is 6.58 Å². The first-order chi connectivity index (χ1) is 17.5. The number of hydrogen-bond donors (Lipinski definition) is 1. The number of methoxy groups -OCH3 is 1. The molecule has 0 fully saturated rings. The van der Waals surface area contributed by atoms with Gasteiger partial charge in [-0.25, -0.2) is 14.2 Å². The first-order valence-electron chi connectivity index (χ1n) is 11.2. The summed E-state index contributed by atoms with van der Waals surface area (Å²) in [6.07, 6.45) is 4.14. The third kappa shape index (κ3) is 4.34. The van der Waals surface area contributed by atoms with Gasteiger partial charge in [-0.05, 0) is 60.0 Å². The van der Waals surface area contributed by atoms with Gasteiger partial charge in [0.2, 0.25) is 0 Å². The van der Waals surface area contributed by atoms with Gasteiger partial charge in [0.05, 0.1) is 28.2 Å². The molecule has 3 aromatic carbocycles. The van der Waals surface area contributed by atoms with Crippen LogP contribution in [0.15, 0.2) is 78.1 Å². The molecule has 2 aromatic heterocycles. The zero-order valence-electron chi connectivity index (χ0n) is 19.4. The van der Waals surface area contributed by atoms with E-state index < -0.39 is 5.97 Å². The number of benzene rings is 3. The number of ether oxygens (including phenoxy) is 2. The van der Waals surface area contributed by atoms with Crippen LogP contribution in [0.1, 0.15) is 27.0 Å². The summed E-state index contributed by atoms with van der Waals surface area (Å²) < 4.78 is 13.9. The fourth-order valence-electron chi connectivity index (χ4n) is 4.05. The highest BCUT2D eigenvalue weighted by Gasteiger charge is 2.15. The molecule has 36 heavy (non-hydrogen) atoms. The number of carboxylic acids is 1. The smallest absolute Gasteiger partial charge is 0.335 e. The quantitative estimate of drug-likeness (QED) is 0.318. The highest BCUT2D eigenvalue weighted by atomic mass is 32.1. The van der Waals surface area contributed by atoms with Crippen molar-refractivity contribution in [2.45, 2.75) is 13.0 Å². The Kier molecular flexibility index (Phi) is 6.26. The van der Waals surface area contributed by atoms with Gasteiger partial charge in [0.25, 0.3) is 5.56 Å². The number of nitrogens with zero attached hydrogens (tertiary/aromatic N) is 2. The van der Waals surface area contributed by atoms with Gasteiger partial charge < -0.3 is 14.6 Å². The maximum Gasteiger partial charge on any atom is 0.335 e. The van der Waals surface area contributed by atoms with Crippen LogP contribution in [-0.4, -0.2) is 27.6 Å². The number of aromatic carboxylic acids is 1. The fourth-order valence-corrected chi connectivity index (χ4v) is 5.04. The minimum Gasteiger partial charge on any atom is -0.493 e. The molecule has 0 aliphatic rings. The highest BCUT2D eigenvalue weighted by Crippen LogP contribution is 2.34. The maximum absolute atomic E-state index is 13.2. The third-order valence-electron chi connectivity index (χ3n) is 5.77. The van der Waals surface area contributed by atoms with Gasteiger partial charge in [-0.3, -0.25) is 4.79 Å². The van der Waals surface area contributed by atoms with Gasteiger partial charge in [0.1, 0.15) is 6.61 Å². The average Bonchev–Trinajstić information content (AvgIpc) is 3.39. The molecule has 1 N–H and O–H groups in total. The first-order valence-corrected chi connectivity index (χ1v) is 12.0. The van der Waals surface area contributed by atoms with Crippen molar-refractivity contribution in [3.63, 3.8) is 0 Å². The molecule has 0 atom stereocenters. The summed E-state index contributed by atoms with van der Waals surface area (Å²) in [6, 6.07) is 17.9. The number of carboxylic acid groups (broad SMARTS) is 1. The Labute approximate surface area is 210 Å². The summed E-state index contributed by atoms with van der Waals surface area (Å²) in [5, 5.41) is 9.09. The van der Waals surface area contributed by atoms with Crippen molar-refractivity contribution in [1.29, 1.82) is 0 Å². The lowest BCUT2D eigenvalue weighted by Gasteiger charge is -2.16. The summed E-state index contributed by atoms with van der Waals surface area (Å²) in [7, 11) is 1.57. The number of thiazole rings is 1. The molecule has 0 amide bonds. The lowest BCUT2D eigenvalue weighted by Crippen LogP contribution is -2.22. The fraction of sp³-hybridized carbons (Fsp3) is 0.107. The molecule has 5 aromatic rings. The van der Waals surface area contributed by atoms with Gasteiger partial charge in [-0.2, -0.15) is 0 Å². The molecule has 0 saturated heterocycles.